The predicted octanol–water partition coefficient (Wildman–Crippen LogP) is 2.76. The number of halogens is 1. The molecule has 0 bridgehead atoms. The molecule has 3 heteroatoms. The van der Waals surface area contributed by atoms with Crippen molar-refractivity contribution in [2.24, 2.45) is 0 Å². The molecule has 0 N–H and O–H groups in total. The Hall–Kier alpha value is -0.890. The molecule has 14 heavy (non-hydrogen) atoms. The Morgan fingerprint density at radius 2 is 2.21 bits per heavy atom. The highest BCUT2D eigenvalue weighted by Crippen LogP contribution is 2.20. The summed E-state index contributed by atoms with van der Waals surface area (Å²) in [4.78, 5) is 2.22. The SMILES string of the molecule is CCN(CCCl)c1cccc(OC)c1. The molecule has 0 aromatic heterocycles. The molecule has 0 saturated heterocycles. The molecule has 0 saturated carbocycles. The van der Waals surface area contributed by atoms with Gasteiger partial charge in [-0.1, -0.05) is 6.07 Å². The maximum absolute atomic E-state index is 5.73. The first-order valence-corrected chi connectivity index (χ1v) is 5.30. The van der Waals surface area contributed by atoms with Crippen molar-refractivity contribution in [2.45, 2.75) is 6.92 Å². The number of rotatable bonds is 5. The van der Waals surface area contributed by atoms with Gasteiger partial charge in [0.15, 0.2) is 0 Å². The molecule has 1 rings (SSSR count). The van der Waals surface area contributed by atoms with Crippen molar-refractivity contribution in [2.75, 3.05) is 31.0 Å². The minimum atomic E-state index is 0.644. The normalized spacial score (nSPS) is 9.93. The van der Waals surface area contributed by atoms with Crippen LogP contribution in [0.25, 0.3) is 0 Å². The van der Waals surface area contributed by atoms with E-state index >= 15 is 0 Å². The number of methoxy groups -OCH3 is 1. The zero-order chi connectivity index (χ0) is 10.4. The highest BCUT2D eigenvalue weighted by molar-refractivity contribution is 6.18. The van der Waals surface area contributed by atoms with E-state index in [0.29, 0.717) is 5.88 Å². The van der Waals surface area contributed by atoms with Crippen LogP contribution in [0.5, 0.6) is 5.75 Å². The smallest absolute Gasteiger partial charge is 0.120 e. The average molecular weight is 214 g/mol. The summed E-state index contributed by atoms with van der Waals surface area (Å²) in [6.07, 6.45) is 0. The van der Waals surface area contributed by atoms with Gasteiger partial charge in [0.2, 0.25) is 0 Å². The minimum absolute atomic E-state index is 0.644. The van der Waals surface area contributed by atoms with Gasteiger partial charge in [-0.05, 0) is 19.1 Å². The van der Waals surface area contributed by atoms with Gasteiger partial charge in [-0.2, -0.15) is 0 Å². The fourth-order valence-electron chi connectivity index (χ4n) is 1.38. The van der Waals surface area contributed by atoms with Crippen LogP contribution in [0.15, 0.2) is 24.3 Å². The van der Waals surface area contributed by atoms with E-state index in [9.17, 15) is 0 Å². The van der Waals surface area contributed by atoms with Gasteiger partial charge in [-0.3, -0.25) is 0 Å². The fourth-order valence-corrected chi connectivity index (χ4v) is 1.58. The second-order valence-corrected chi connectivity index (χ2v) is 3.35. The Bertz CT molecular complexity index is 278. The van der Waals surface area contributed by atoms with Gasteiger partial charge < -0.3 is 9.64 Å². The van der Waals surface area contributed by atoms with E-state index in [2.05, 4.69) is 17.9 Å². The number of alkyl halides is 1. The molecule has 0 aliphatic carbocycles. The molecule has 1 aromatic carbocycles. The van der Waals surface area contributed by atoms with E-state index in [1.165, 1.54) is 0 Å². The van der Waals surface area contributed by atoms with Crippen LogP contribution in [0.2, 0.25) is 0 Å². The van der Waals surface area contributed by atoms with Gasteiger partial charge >= 0.3 is 0 Å². The lowest BCUT2D eigenvalue weighted by Crippen LogP contribution is -2.24. The molecular weight excluding hydrogens is 198 g/mol. The number of nitrogens with zero attached hydrogens (tertiary/aromatic N) is 1. The molecule has 0 aliphatic heterocycles. The van der Waals surface area contributed by atoms with Crippen molar-refractivity contribution >= 4 is 17.3 Å². The van der Waals surface area contributed by atoms with Gasteiger partial charge in [0.05, 0.1) is 7.11 Å². The summed E-state index contributed by atoms with van der Waals surface area (Å²) in [6.45, 7) is 3.94. The van der Waals surface area contributed by atoms with E-state index in [1.54, 1.807) is 7.11 Å². The molecule has 2 nitrogen and oxygen atoms in total. The molecule has 0 amide bonds. The van der Waals surface area contributed by atoms with Gasteiger partial charge in [0.1, 0.15) is 5.75 Å². The maximum Gasteiger partial charge on any atom is 0.120 e. The van der Waals surface area contributed by atoms with Crippen molar-refractivity contribution < 1.29 is 4.74 Å². The molecule has 0 unspecified atom stereocenters. The second kappa shape index (κ2) is 5.76. The predicted molar refractivity (Wildman–Crippen MR) is 61.6 cm³/mol. The number of hydrogen-bond donors (Lipinski definition) is 0. The number of benzene rings is 1. The first-order valence-electron chi connectivity index (χ1n) is 4.76. The lowest BCUT2D eigenvalue weighted by Gasteiger charge is -2.22. The van der Waals surface area contributed by atoms with E-state index in [-0.39, 0.29) is 0 Å². The lowest BCUT2D eigenvalue weighted by atomic mass is 10.2. The summed E-state index contributed by atoms with van der Waals surface area (Å²) in [5.74, 6) is 1.53. The summed E-state index contributed by atoms with van der Waals surface area (Å²) in [7, 11) is 1.68. The fraction of sp³-hybridized carbons (Fsp3) is 0.455. The highest BCUT2D eigenvalue weighted by atomic mass is 35.5. The monoisotopic (exact) mass is 213 g/mol. The summed E-state index contributed by atoms with van der Waals surface area (Å²) < 4.78 is 5.17. The molecule has 0 radical (unpaired) electrons. The van der Waals surface area contributed by atoms with Crippen LogP contribution in [-0.4, -0.2) is 26.1 Å². The number of anilines is 1. The average Bonchev–Trinajstić information content (AvgIpc) is 2.26. The topological polar surface area (TPSA) is 12.5 Å². The Morgan fingerprint density at radius 1 is 1.43 bits per heavy atom. The lowest BCUT2D eigenvalue weighted by molar-refractivity contribution is 0.415. The maximum atomic E-state index is 5.73. The Labute approximate surface area is 90.4 Å². The van der Waals surface area contributed by atoms with Crippen molar-refractivity contribution in [3.63, 3.8) is 0 Å². The van der Waals surface area contributed by atoms with Crippen molar-refractivity contribution in [3.05, 3.63) is 24.3 Å². The Morgan fingerprint density at radius 3 is 2.79 bits per heavy atom. The van der Waals surface area contributed by atoms with Crippen LogP contribution >= 0.6 is 11.6 Å². The van der Waals surface area contributed by atoms with Crippen LogP contribution < -0.4 is 9.64 Å². The molecule has 0 heterocycles. The van der Waals surface area contributed by atoms with E-state index in [1.807, 2.05) is 18.2 Å². The van der Waals surface area contributed by atoms with Crippen LogP contribution in [-0.2, 0) is 0 Å². The van der Waals surface area contributed by atoms with Crippen molar-refractivity contribution in [3.8, 4) is 5.75 Å². The van der Waals surface area contributed by atoms with Crippen LogP contribution in [0.3, 0.4) is 0 Å². The van der Waals surface area contributed by atoms with Gasteiger partial charge in [-0.15, -0.1) is 11.6 Å². The molecule has 0 fully saturated rings. The zero-order valence-corrected chi connectivity index (χ0v) is 9.42. The highest BCUT2D eigenvalue weighted by Gasteiger charge is 2.03. The van der Waals surface area contributed by atoms with E-state index < -0.39 is 0 Å². The Kier molecular flexibility index (Phi) is 4.60. The molecule has 0 atom stereocenters. The third-order valence-corrected chi connectivity index (χ3v) is 2.32. The molecule has 0 spiro atoms. The Balaban J connectivity index is 2.80. The first-order chi connectivity index (χ1) is 6.81. The van der Waals surface area contributed by atoms with Crippen molar-refractivity contribution in [1.82, 2.24) is 0 Å². The number of hydrogen-bond acceptors (Lipinski definition) is 2. The molecule has 0 aliphatic rings. The first kappa shape index (κ1) is 11.2. The van der Waals surface area contributed by atoms with E-state index in [0.717, 1.165) is 24.5 Å². The van der Waals surface area contributed by atoms with Crippen LogP contribution in [0.4, 0.5) is 5.69 Å². The zero-order valence-electron chi connectivity index (χ0n) is 8.66. The summed E-state index contributed by atoms with van der Waals surface area (Å²) in [5, 5.41) is 0. The minimum Gasteiger partial charge on any atom is -0.497 e. The third-order valence-electron chi connectivity index (χ3n) is 2.15. The molecule has 1 aromatic rings. The standard InChI is InChI=1S/C11H16ClNO/c1-3-13(8-7-12)10-5-4-6-11(9-10)14-2/h4-6,9H,3,7-8H2,1-2H3. The molecule has 78 valence electrons. The summed E-state index contributed by atoms with van der Waals surface area (Å²) in [6, 6.07) is 8.03. The quantitative estimate of drug-likeness (QED) is 0.698. The summed E-state index contributed by atoms with van der Waals surface area (Å²) >= 11 is 5.73. The van der Waals surface area contributed by atoms with Gasteiger partial charge in [-0.25, -0.2) is 0 Å². The second-order valence-electron chi connectivity index (χ2n) is 2.97. The van der Waals surface area contributed by atoms with Gasteiger partial charge in [0.25, 0.3) is 0 Å². The van der Waals surface area contributed by atoms with Gasteiger partial charge in [0, 0.05) is 30.7 Å². The largest absolute Gasteiger partial charge is 0.497 e. The van der Waals surface area contributed by atoms with E-state index in [4.69, 9.17) is 16.3 Å². The van der Waals surface area contributed by atoms with Crippen LogP contribution in [0, 0.1) is 0 Å². The third kappa shape index (κ3) is 2.81. The number of ether oxygens (including phenoxy) is 1. The molecular formula is C11H16ClNO. The summed E-state index contributed by atoms with van der Waals surface area (Å²) in [5.41, 5.74) is 1.16. The van der Waals surface area contributed by atoms with Crippen molar-refractivity contribution in [1.29, 1.82) is 0 Å². The van der Waals surface area contributed by atoms with Crippen LogP contribution in [0.1, 0.15) is 6.92 Å².